The molecule has 1 unspecified atom stereocenters. The summed E-state index contributed by atoms with van der Waals surface area (Å²) in [6.07, 6.45) is 3.51. The van der Waals surface area contributed by atoms with E-state index in [0.717, 1.165) is 38.3 Å². The van der Waals surface area contributed by atoms with Gasteiger partial charge in [-0.05, 0) is 37.9 Å². The number of anilines is 1. The highest BCUT2D eigenvalue weighted by Crippen LogP contribution is 2.19. The number of nitrogens with one attached hydrogen (secondary N) is 1. The Hall–Kier alpha value is -1.13. The van der Waals surface area contributed by atoms with Crippen molar-refractivity contribution in [2.24, 2.45) is 0 Å². The van der Waals surface area contributed by atoms with Gasteiger partial charge in [0.05, 0.1) is 6.10 Å². The zero-order valence-electron chi connectivity index (χ0n) is 11.3. The number of aromatic nitrogens is 1. The normalized spacial score (nSPS) is 18.9. The molecule has 2 N–H and O–H groups in total. The van der Waals surface area contributed by atoms with Crippen LogP contribution in [0.4, 0.5) is 5.82 Å². The van der Waals surface area contributed by atoms with Crippen molar-refractivity contribution in [3.05, 3.63) is 23.9 Å². The number of rotatable bonds is 4. The van der Waals surface area contributed by atoms with Crippen LogP contribution in [0.5, 0.6) is 0 Å². The van der Waals surface area contributed by atoms with Gasteiger partial charge < -0.3 is 15.3 Å². The van der Waals surface area contributed by atoms with Gasteiger partial charge in [-0.25, -0.2) is 4.98 Å². The third-order valence-electron chi connectivity index (χ3n) is 3.57. The molecule has 0 spiro atoms. The van der Waals surface area contributed by atoms with E-state index < -0.39 is 0 Å². The predicted molar refractivity (Wildman–Crippen MR) is 73.8 cm³/mol. The molecule has 0 bridgehead atoms. The van der Waals surface area contributed by atoms with Crippen LogP contribution in [-0.2, 0) is 0 Å². The van der Waals surface area contributed by atoms with Crippen LogP contribution >= 0.6 is 0 Å². The number of aliphatic hydroxyl groups is 1. The van der Waals surface area contributed by atoms with Gasteiger partial charge in [-0.15, -0.1) is 0 Å². The molecule has 1 atom stereocenters. The zero-order chi connectivity index (χ0) is 13.0. The van der Waals surface area contributed by atoms with Crippen molar-refractivity contribution < 1.29 is 5.11 Å². The zero-order valence-corrected chi connectivity index (χ0v) is 11.3. The summed E-state index contributed by atoms with van der Waals surface area (Å²) in [6, 6.07) is 4.57. The molecule has 0 aromatic carbocycles. The van der Waals surface area contributed by atoms with E-state index in [1.54, 1.807) is 0 Å². The molecule has 1 saturated heterocycles. The lowest BCUT2D eigenvalue weighted by molar-refractivity contribution is 0.145. The van der Waals surface area contributed by atoms with Gasteiger partial charge in [-0.2, -0.15) is 0 Å². The van der Waals surface area contributed by atoms with E-state index in [9.17, 15) is 5.11 Å². The second-order valence-electron chi connectivity index (χ2n) is 4.95. The molecule has 0 radical (unpaired) electrons. The highest BCUT2D eigenvalue weighted by Gasteiger charge is 2.18. The Balaban J connectivity index is 1.99. The van der Waals surface area contributed by atoms with Crippen LogP contribution in [0, 0.1) is 0 Å². The standard InChI is InChI=1S/C14H23N3O/c1-3-15-11(2)12-4-5-14(16-10-12)17-8-6-13(18)7-9-17/h4-5,10-11,13,15,18H,3,6-9H2,1-2H3. The lowest BCUT2D eigenvalue weighted by Gasteiger charge is -2.30. The largest absolute Gasteiger partial charge is 0.393 e. The van der Waals surface area contributed by atoms with E-state index >= 15 is 0 Å². The lowest BCUT2D eigenvalue weighted by atomic mass is 10.1. The van der Waals surface area contributed by atoms with E-state index in [2.05, 4.69) is 41.2 Å². The molecular weight excluding hydrogens is 226 g/mol. The Morgan fingerprint density at radius 1 is 1.44 bits per heavy atom. The van der Waals surface area contributed by atoms with Crippen molar-refractivity contribution in [1.29, 1.82) is 0 Å². The fourth-order valence-electron chi connectivity index (χ4n) is 2.36. The molecule has 18 heavy (non-hydrogen) atoms. The summed E-state index contributed by atoms with van der Waals surface area (Å²) >= 11 is 0. The van der Waals surface area contributed by atoms with Crippen LogP contribution in [0.1, 0.15) is 38.3 Å². The summed E-state index contributed by atoms with van der Waals surface area (Å²) in [5.41, 5.74) is 1.22. The van der Waals surface area contributed by atoms with Gasteiger partial charge in [0.1, 0.15) is 5.82 Å². The molecule has 0 aliphatic carbocycles. The third-order valence-corrected chi connectivity index (χ3v) is 3.57. The average Bonchev–Trinajstić information content (AvgIpc) is 2.40. The van der Waals surface area contributed by atoms with Crippen LogP contribution in [0.15, 0.2) is 18.3 Å². The Kier molecular flexibility index (Phi) is 4.55. The number of nitrogens with zero attached hydrogens (tertiary/aromatic N) is 2. The van der Waals surface area contributed by atoms with Gasteiger partial charge in [0.15, 0.2) is 0 Å². The number of hydrogen-bond donors (Lipinski definition) is 2. The maximum Gasteiger partial charge on any atom is 0.128 e. The van der Waals surface area contributed by atoms with E-state index in [-0.39, 0.29) is 6.10 Å². The van der Waals surface area contributed by atoms with Crippen molar-refractivity contribution >= 4 is 5.82 Å². The quantitative estimate of drug-likeness (QED) is 0.853. The van der Waals surface area contributed by atoms with Crippen molar-refractivity contribution in [3.8, 4) is 0 Å². The molecule has 4 heteroatoms. The van der Waals surface area contributed by atoms with Crippen LogP contribution in [-0.4, -0.2) is 35.8 Å². The third kappa shape index (κ3) is 3.21. The van der Waals surface area contributed by atoms with Crippen LogP contribution in [0.25, 0.3) is 0 Å². The SMILES string of the molecule is CCNC(C)c1ccc(N2CCC(O)CC2)nc1. The molecule has 1 fully saturated rings. The maximum absolute atomic E-state index is 9.49. The number of aliphatic hydroxyl groups excluding tert-OH is 1. The van der Waals surface area contributed by atoms with Crippen LogP contribution < -0.4 is 10.2 Å². The molecule has 1 aromatic heterocycles. The van der Waals surface area contributed by atoms with E-state index in [0.29, 0.717) is 6.04 Å². The minimum Gasteiger partial charge on any atom is -0.393 e. The fourth-order valence-corrected chi connectivity index (χ4v) is 2.36. The fraction of sp³-hybridized carbons (Fsp3) is 0.643. The Morgan fingerprint density at radius 2 is 2.17 bits per heavy atom. The first-order valence-corrected chi connectivity index (χ1v) is 6.83. The topological polar surface area (TPSA) is 48.4 Å². The summed E-state index contributed by atoms with van der Waals surface area (Å²) < 4.78 is 0. The summed E-state index contributed by atoms with van der Waals surface area (Å²) in [6.45, 7) is 7.02. The minimum absolute atomic E-state index is 0.130. The molecule has 1 aliphatic rings. The van der Waals surface area contributed by atoms with E-state index in [1.165, 1.54) is 5.56 Å². The van der Waals surface area contributed by atoms with Gasteiger partial charge >= 0.3 is 0 Å². The summed E-state index contributed by atoms with van der Waals surface area (Å²) in [5, 5.41) is 12.9. The molecule has 1 aromatic rings. The minimum atomic E-state index is -0.130. The van der Waals surface area contributed by atoms with Crippen molar-refractivity contribution in [3.63, 3.8) is 0 Å². The Morgan fingerprint density at radius 3 is 2.72 bits per heavy atom. The van der Waals surface area contributed by atoms with Gasteiger partial charge in [0, 0.05) is 25.3 Å². The molecule has 0 saturated carbocycles. The lowest BCUT2D eigenvalue weighted by Crippen LogP contribution is -2.36. The molecule has 1 aliphatic heterocycles. The molecule has 0 amide bonds. The summed E-state index contributed by atoms with van der Waals surface area (Å²) in [4.78, 5) is 6.78. The second kappa shape index (κ2) is 6.16. The molecule has 4 nitrogen and oxygen atoms in total. The first-order chi connectivity index (χ1) is 8.70. The summed E-state index contributed by atoms with van der Waals surface area (Å²) in [5.74, 6) is 1.02. The number of piperidine rings is 1. The van der Waals surface area contributed by atoms with Crippen molar-refractivity contribution in [1.82, 2.24) is 10.3 Å². The summed E-state index contributed by atoms with van der Waals surface area (Å²) in [7, 11) is 0. The first kappa shape index (κ1) is 13.3. The Labute approximate surface area is 109 Å². The van der Waals surface area contributed by atoms with E-state index in [4.69, 9.17) is 0 Å². The molecule has 2 rings (SSSR count). The van der Waals surface area contributed by atoms with Crippen molar-refractivity contribution in [2.75, 3.05) is 24.5 Å². The van der Waals surface area contributed by atoms with Crippen LogP contribution in [0.2, 0.25) is 0 Å². The van der Waals surface area contributed by atoms with Gasteiger partial charge in [-0.1, -0.05) is 13.0 Å². The molecular formula is C14H23N3O. The van der Waals surface area contributed by atoms with Gasteiger partial charge in [0.2, 0.25) is 0 Å². The van der Waals surface area contributed by atoms with Gasteiger partial charge in [0.25, 0.3) is 0 Å². The smallest absolute Gasteiger partial charge is 0.128 e. The highest BCUT2D eigenvalue weighted by atomic mass is 16.3. The monoisotopic (exact) mass is 249 g/mol. The van der Waals surface area contributed by atoms with Crippen LogP contribution in [0.3, 0.4) is 0 Å². The predicted octanol–water partition coefficient (Wildman–Crippen LogP) is 1.71. The first-order valence-electron chi connectivity index (χ1n) is 6.83. The van der Waals surface area contributed by atoms with E-state index in [1.807, 2.05) is 6.20 Å². The van der Waals surface area contributed by atoms with Crippen molar-refractivity contribution in [2.45, 2.75) is 38.8 Å². The number of hydrogen-bond acceptors (Lipinski definition) is 4. The second-order valence-corrected chi connectivity index (χ2v) is 4.95. The number of pyridine rings is 1. The average molecular weight is 249 g/mol. The Bertz CT molecular complexity index is 358. The molecule has 100 valence electrons. The van der Waals surface area contributed by atoms with Gasteiger partial charge in [-0.3, -0.25) is 0 Å². The maximum atomic E-state index is 9.49. The highest BCUT2D eigenvalue weighted by molar-refractivity contribution is 5.40. The molecule has 2 heterocycles.